The van der Waals surface area contributed by atoms with Gasteiger partial charge in [-0.1, -0.05) is 12.2 Å². The van der Waals surface area contributed by atoms with Gasteiger partial charge in [0.05, 0.1) is 0 Å². The lowest BCUT2D eigenvalue weighted by Crippen LogP contribution is -2.27. The van der Waals surface area contributed by atoms with Crippen molar-refractivity contribution in [1.29, 1.82) is 0 Å². The summed E-state index contributed by atoms with van der Waals surface area (Å²) in [5.41, 5.74) is 5.64. The van der Waals surface area contributed by atoms with Gasteiger partial charge in [-0.05, 0) is 32.7 Å². The number of nitrogens with zero attached hydrogens (tertiary/aromatic N) is 1. The van der Waals surface area contributed by atoms with E-state index in [-0.39, 0.29) is 0 Å². The third kappa shape index (κ3) is 2.32. The minimum absolute atomic E-state index is 0.717. The van der Waals surface area contributed by atoms with Gasteiger partial charge in [0.2, 0.25) is 0 Å². The van der Waals surface area contributed by atoms with E-state index in [0.717, 1.165) is 25.0 Å². The maximum Gasteiger partial charge on any atom is 0.0166 e. The summed E-state index contributed by atoms with van der Waals surface area (Å²) in [5, 5.41) is 0. The van der Waals surface area contributed by atoms with Crippen molar-refractivity contribution in [3.8, 4) is 0 Å². The Kier molecular flexibility index (Phi) is 3.76. The van der Waals surface area contributed by atoms with Crippen LogP contribution in [0.3, 0.4) is 0 Å². The zero-order valence-electron chi connectivity index (χ0n) is 8.16. The van der Waals surface area contributed by atoms with E-state index in [4.69, 9.17) is 5.73 Å². The topological polar surface area (TPSA) is 29.3 Å². The fourth-order valence-electron chi connectivity index (χ4n) is 1.88. The molecule has 0 aromatic carbocycles. The van der Waals surface area contributed by atoms with Gasteiger partial charge in [0.25, 0.3) is 0 Å². The molecule has 1 saturated heterocycles. The molecule has 1 aliphatic heterocycles. The van der Waals surface area contributed by atoms with Crippen molar-refractivity contribution in [2.45, 2.75) is 26.3 Å². The van der Waals surface area contributed by atoms with Crippen LogP contribution in [0.15, 0.2) is 12.2 Å². The van der Waals surface area contributed by atoms with Crippen LogP contribution >= 0.6 is 0 Å². The second-order valence-electron chi connectivity index (χ2n) is 3.71. The molecule has 1 rings (SSSR count). The molecule has 12 heavy (non-hydrogen) atoms. The molecule has 2 atom stereocenters. The molecule has 70 valence electrons. The first-order chi connectivity index (χ1) is 5.77. The van der Waals surface area contributed by atoms with E-state index in [1.54, 1.807) is 0 Å². The zero-order valence-corrected chi connectivity index (χ0v) is 8.16. The van der Waals surface area contributed by atoms with Crippen LogP contribution in [0.2, 0.25) is 0 Å². The van der Waals surface area contributed by atoms with Crippen molar-refractivity contribution in [2.24, 2.45) is 11.7 Å². The lowest BCUT2D eigenvalue weighted by atomic mass is 10.1. The molecule has 0 spiro atoms. The van der Waals surface area contributed by atoms with Crippen LogP contribution in [0.1, 0.15) is 20.3 Å². The third-order valence-electron chi connectivity index (χ3n) is 2.70. The normalized spacial score (nSPS) is 31.9. The summed E-state index contributed by atoms with van der Waals surface area (Å²) in [4.78, 5) is 2.50. The van der Waals surface area contributed by atoms with E-state index < -0.39 is 0 Å². The molecule has 0 aromatic heterocycles. The van der Waals surface area contributed by atoms with Gasteiger partial charge in [0.1, 0.15) is 0 Å². The fraction of sp³-hybridized carbons (Fsp3) is 0.800. The highest BCUT2D eigenvalue weighted by Crippen LogP contribution is 2.21. The van der Waals surface area contributed by atoms with Crippen molar-refractivity contribution in [3.63, 3.8) is 0 Å². The monoisotopic (exact) mass is 168 g/mol. The van der Waals surface area contributed by atoms with Gasteiger partial charge in [-0.2, -0.15) is 0 Å². The van der Waals surface area contributed by atoms with Crippen LogP contribution in [0.4, 0.5) is 0 Å². The van der Waals surface area contributed by atoms with E-state index in [1.165, 1.54) is 13.0 Å². The summed E-state index contributed by atoms with van der Waals surface area (Å²) < 4.78 is 0. The molecule has 2 nitrogen and oxygen atoms in total. The SMILES string of the molecule is C/C=C/CN1CC(CN)CC1C. The van der Waals surface area contributed by atoms with E-state index >= 15 is 0 Å². The molecule has 0 saturated carbocycles. The van der Waals surface area contributed by atoms with Crippen molar-refractivity contribution >= 4 is 0 Å². The number of allylic oxidation sites excluding steroid dienone is 1. The highest BCUT2D eigenvalue weighted by molar-refractivity contribution is 4.89. The molecule has 0 aromatic rings. The van der Waals surface area contributed by atoms with E-state index in [9.17, 15) is 0 Å². The lowest BCUT2D eigenvalue weighted by Gasteiger charge is -2.18. The molecule has 2 N–H and O–H groups in total. The minimum Gasteiger partial charge on any atom is -0.330 e. The Labute approximate surface area is 75.4 Å². The van der Waals surface area contributed by atoms with Gasteiger partial charge in [-0.15, -0.1) is 0 Å². The Hall–Kier alpha value is -0.340. The molecule has 1 fully saturated rings. The summed E-state index contributed by atoms with van der Waals surface area (Å²) >= 11 is 0. The van der Waals surface area contributed by atoms with Crippen molar-refractivity contribution in [2.75, 3.05) is 19.6 Å². The van der Waals surface area contributed by atoms with E-state index in [1.807, 2.05) is 0 Å². The average Bonchev–Trinajstić information content (AvgIpc) is 2.43. The second-order valence-corrected chi connectivity index (χ2v) is 3.71. The highest BCUT2D eigenvalue weighted by Gasteiger charge is 2.26. The number of likely N-dealkylation sites (tertiary alicyclic amines) is 1. The van der Waals surface area contributed by atoms with Crippen LogP contribution in [-0.4, -0.2) is 30.6 Å². The molecular weight excluding hydrogens is 148 g/mol. The Bertz CT molecular complexity index is 154. The van der Waals surface area contributed by atoms with Crippen molar-refractivity contribution in [1.82, 2.24) is 4.90 Å². The van der Waals surface area contributed by atoms with Crippen LogP contribution in [-0.2, 0) is 0 Å². The lowest BCUT2D eigenvalue weighted by molar-refractivity contribution is 0.293. The summed E-state index contributed by atoms with van der Waals surface area (Å²) in [7, 11) is 0. The molecule has 1 aliphatic rings. The number of hydrogen-bond donors (Lipinski definition) is 1. The predicted octanol–water partition coefficient (Wildman–Crippen LogP) is 1.23. The number of rotatable bonds is 3. The Balaban J connectivity index is 2.35. The maximum atomic E-state index is 5.64. The van der Waals surface area contributed by atoms with Gasteiger partial charge in [-0.25, -0.2) is 0 Å². The Morgan fingerprint density at radius 2 is 2.33 bits per heavy atom. The predicted molar refractivity (Wildman–Crippen MR) is 53.0 cm³/mol. The summed E-state index contributed by atoms with van der Waals surface area (Å²) in [6.45, 7) is 7.48. The largest absolute Gasteiger partial charge is 0.330 e. The van der Waals surface area contributed by atoms with Crippen molar-refractivity contribution in [3.05, 3.63) is 12.2 Å². The molecule has 0 amide bonds. The Morgan fingerprint density at radius 3 is 2.83 bits per heavy atom. The first-order valence-corrected chi connectivity index (χ1v) is 4.83. The quantitative estimate of drug-likeness (QED) is 0.642. The van der Waals surface area contributed by atoms with Gasteiger partial charge in [0, 0.05) is 19.1 Å². The average molecular weight is 168 g/mol. The molecule has 1 heterocycles. The van der Waals surface area contributed by atoms with Gasteiger partial charge >= 0.3 is 0 Å². The summed E-state index contributed by atoms with van der Waals surface area (Å²) in [6.07, 6.45) is 5.60. The zero-order chi connectivity index (χ0) is 8.97. The first kappa shape index (κ1) is 9.75. The van der Waals surface area contributed by atoms with Crippen LogP contribution in [0.25, 0.3) is 0 Å². The second kappa shape index (κ2) is 4.63. The number of hydrogen-bond acceptors (Lipinski definition) is 2. The number of nitrogens with two attached hydrogens (primary N) is 1. The molecule has 0 radical (unpaired) electrons. The van der Waals surface area contributed by atoms with E-state index in [0.29, 0.717) is 0 Å². The van der Waals surface area contributed by atoms with E-state index in [2.05, 4.69) is 30.9 Å². The summed E-state index contributed by atoms with van der Waals surface area (Å²) in [6, 6.07) is 0.717. The van der Waals surface area contributed by atoms with Crippen molar-refractivity contribution < 1.29 is 0 Å². The smallest absolute Gasteiger partial charge is 0.0166 e. The molecule has 0 aliphatic carbocycles. The summed E-state index contributed by atoms with van der Waals surface area (Å²) in [5.74, 6) is 0.727. The minimum atomic E-state index is 0.717. The fourth-order valence-corrected chi connectivity index (χ4v) is 1.88. The third-order valence-corrected chi connectivity index (χ3v) is 2.70. The molecule has 0 bridgehead atoms. The van der Waals surface area contributed by atoms with Gasteiger partial charge in [0.15, 0.2) is 0 Å². The molecule has 2 unspecified atom stereocenters. The highest BCUT2D eigenvalue weighted by atomic mass is 15.2. The van der Waals surface area contributed by atoms with Gasteiger partial charge < -0.3 is 5.73 Å². The van der Waals surface area contributed by atoms with Crippen LogP contribution in [0.5, 0.6) is 0 Å². The van der Waals surface area contributed by atoms with Crippen LogP contribution < -0.4 is 5.73 Å². The molecular formula is C10H20N2. The van der Waals surface area contributed by atoms with Gasteiger partial charge in [-0.3, -0.25) is 4.90 Å². The first-order valence-electron chi connectivity index (χ1n) is 4.83. The maximum absolute atomic E-state index is 5.64. The molecule has 2 heteroatoms. The standard InChI is InChI=1S/C10H20N2/c1-3-4-5-12-8-10(7-11)6-9(12)2/h3-4,9-10H,5-8,11H2,1-2H3/b4-3+. The Morgan fingerprint density at radius 1 is 1.58 bits per heavy atom. The van der Waals surface area contributed by atoms with Crippen LogP contribution in [0, 0.1) is 5.92 Å².